The van der Waals surface area contributed by atoms with Gasteiger partial charge in [0.15, 0.2) is 0 Å². The number of nitrogens with zero attached hydrogens (tertiary/aromatic N) is 2. The molecule has 0 bridgehead atoms. The predicted octanol–water partition coefficient (Wildman–Crippen LogP) is 3.30. The van der Waals surface area contributed by atoms with Gasteiger partial charge in [0.2, 0.25) is 0 Å². The van der Waals surface area contributed by atoms with Gasteiger partial charge in [0.25, 0.3) is 15.9 Å². The molecule has 3 N–H and O–H groups in total. The maximum absolute atomic E-state index is 14.3. The van der Waals surface area contributed by atoms with Crippen molar-refractivity contribution in [3.8, 4) is 0 Å². The third-order valence-corrected chi connectivity index (χ3v) is 7.44. The molecular formula is C22H24FN5O3S. The summed E-state index contributed by atoms with van der Waals surface area (Å²) in [5, 5.41) is 9.50. The lowest BCUT2D eigenvalue weighted by molar-refractivity contribution is 0.0926. The molecule has 1 aromatic carbocycles. The first-order chi connectivity index (χ1) is 15.4. The van der Waals surface area contributed by atoms with Gasteiger partial charge in [-0.05, 0) is 62.8 Å². The largest absolute Gasteiger partial charge is 0.381 e. The molecule has 0 saturated heterocycles. The SMILES string of the molecule is O=C(NC1CCC(Nc2cc(F)cc3c2NC(C2CC2)=NS3(=O)=O)CC1)c1cccnc1. The van der Waals surface area contributed by atoms with Crippen LogP contribution in [-0.2, 0) is 10.0 Å². The molecule has 32 heavy (non-hydrogen) atoms. The number of amidine groups is 1. The van der Waals surface area contributed by atoms with E-state index in [9.17, 15) is 17.6 Å². The molecule has 2 saturated carbocycles. The van der Waals surface area contributed by atoms with Crippen LogP contribution in [0.3, 0.4) is 0 Å². The van der Waals surface area contributed by atoms with Crippen LogP contribution in [0.25, 0.3) is 0 Å². The zero-order valence-corrected chi connectivity index (χ0v) is 18.2. The fourth-order valence-electron chi connectivity index (χ4n) is 4.26. The zero-order chi connectivity index (χ0) is 22.3. The maximum Gasteiger partial charge on any atom is 0.286 e. The molecule has 2 heterocycles. The number of pyridine rings is 1. The summed E-state index contributed by atoms with van der Waals surface area (Å²) in [6.45, 7) is 0. The van der Waals surface area contributed by atoms with Crippen LogP contribution in [0.2, 0.25) is 0 Å². The van der Waals surface area contributed by atoms with Crippen molar-refractivity contribution in [2.24, 2.45) is 10.3 Å². The lowest BCUT2D eigenvalue weighted by atomic mass is 9.90. The second-order valence-electron chi connectivity index (χ2n) is 8.59. The summed E-state index contributed by atoms with van der Waals surface area (Å²) in [6, 6.07) is 5.88. The van der Waals surface area contributed by atoms with Crippen LogP contribution in [0, 0.1) is 11.7 Å². The van der Waals surface area contributed by atoms with Crippen LogP contribution in [-0.4, -0.2) is 37.2 Å². The number of carbonyl (C=O) groups is 1. The molecule has 0 radical (unpaired) electrons. The number of rotatable bonds is 5. The smallest absolute Gasteiger partial charge is 0.286 e. The van der Waals surface area contributed by atoms with Gasteiger partial charge in [0.1, 0.15) is 16.5 Å². The summed E-state index contributed by atoms with van der Waals surface area (Å²) in [4.78, 5) is 16.2. The molecule has 2 aliphatic carbocycles. The molecule has 10 heteroatoms. The lowest BCUT2D eigenvalue weighted by Gasteiger charge is -2.31. The first kappa shape index (κ1) is 20.9. The number of anilines is 2. The van der Waals surface area contributed by atoms with E-state index in [2.05, 4.69) is 25.3 Å². The highest BCUT2D eigenvalue weighted by Gasteiger charge is 2.36. The van der Waals surface area contributed by atoms with Crippen molar-refractivity contribution in [2.75, 3.05) is 10.6 Å². The Hall–Kier alpha value is -3.01. The van der Waals surface area contributed by atoms with Crippen LogP contribution in [0.1, 0.15) is 48.9 Å². The van der Waals surface area contributed by atoms with E-state index in [1.807, 2.05) is 0 Å². The summed E-state index contributed by atoms with van der Waals surface area (Å²) >= 11 is 0. The zero-order valence-electron chi connectivity index (χ0n) is 17.3. The van der Waals surface area contributed by atoms with E-state index in [1.54, 1.807) is 18.3 Å². The summed E-state index contributed by atoms with van der Waals surface area (Å²) in [5.41, 5.74) is 1.33. The molecule has 8 nitrogen and oxygen atoms in total. The highest BCUT2D eigenvalue weighted by Crippen LogP contribution is 2.40. The van der Waals surface area contributed by atoms with E-state index in [1.165, 1.54) is 12.3 Å². The molecular weight excluding hydrogens is 433 g/mol. The number of benzene rings is 1. The topological polar surface area (TPSA) is 113 Å². The standard InChI is InChI=1S/C22H24FN5O3S/c23-15-10-18(20-19(11-15)32(30,31)28-21(27-20)13-3-4-13)25-16-5-7-17(8-6-16)26-22(29)14-2-1-9-24-12-14/h1-2,9-13,16-17,25H,3-8H2,(H,26,29)(H,27,28). The Morgan fingerprint density at radius 2 is 1.84 bits per heavy atom. The fraction of sp³-hybridized carbons (Fsp3) is 0.409. The molecule has 0 unspecified atom stereocenters. The van der Waals surface area contributed by atoms with Gasteiger partial charge in [-0.3, -0.25) is 9.78 Å². The second kappa shape index (κ2) is 8.16. The molecule has 168 valence electrons. The Morgan fingerprint density at radius 1 is 1.09 bits per heavy atom. The predicted molar refractivity (Wildman–Crippen MR) is 119 cm³/mol. The molecule has 0 spiro atoms. The number of sulfonamides is 1. The Bertz CT molecular complexity index is 1170. The summed E-state index contributed by atoms with van der Waals surface area (Å²) in [5.74, 6) is -0.210. The quantitative estimate of drug-likeness (QED) is 0.635. The Kier molecular flexibility index (Phi) is 5.32. The number of halogens is 1. The minimum absolute atomic E-state index is 0.0418. The van der Waals surface area contributed by atoms with Gasteiger partial charge in [0, 0.05) is 30.4 Å². The summed E-state index contributed by atoms with van der Waals surface area (Å²) in [7, 11) is -3.94. The van der Waals surface area contributed by atoms with Crippen molar-refractivity contribution in [1.82, 2.24) is 10.3 Å². The average Bonchev–Trinajstić information content (AvgIpc) is 3.61. The second-order valence-corrected chi connectivity index (χ2v) is 10.2. The van der Waals surface area contributed by atoms with E-state index >= 15 is 0 Å². The Labute approximate surface area is 185 Å². The molecule has 5 rings (SSSR count). The van der Waals surface area contributed by atoms with Gasteiger partial charge in [-0.15, -0.1) is 4.40 Å². The van der Waals surface area contributed by atoms with Crippen LogP contribution in [0.5, 0.6) is 0 Å². The van der Waals surface area contributed by atoms with E-state index in [-0.39, 0.29) is 28.8 Å². The highest BCUT2D eigenvalue weighted by atomic mass is 32.2. The van der Waals surface area contributed by atoms with Crippen LogP contribution in [0.15, 0.2) is 46.0 Å². The van der Waals surface area contributed by atoms with Crippen molar-refractivity contribution in [1.29, 1.82) is 0 Å². The molecule has 0 atom stereocenters. The van der Waals surface area contributed by atoms with Gasteiger partial charge >= 0.3 is 0 Å². The number of amides is 1. The van der Waals surface area contributed by atoms with Gasteiger partial charge in [-0.25, -0.2) is 4.39 Å². The van der Waals surface area contributed by atoms with Crippen molar-refractivity contribution >= 4 is 33.1 Å². The number of hydrogen-bond donors (Lipinski definition) is 3. The lowest BCUT2D eigenvalue weighted by Crippen LogP contribution is -2.40. The summed E-state index contributed by atoms with van der Waals surface area (Å²) in [6.07, 6.45) is 8.02. The first-order valence-electron chi connectivity index (χ1n) is 10.8. The van der Waals surface area contributed by atoms with Crippen LogP contribution < -0.4 is 16.0 Å². The number of hydrogen-bond acceptors (Lipinski definition) is 6. The molecule has 1 aliphatic heterocycles. The van der Waals surface area contributed by atoms with Gasteiger partial charge in [-0.1, -0.05) is 0 Å². The van der Waals surface area contributed by atoms with E-state index in [4.69, 9.17) is 0 Å². The maximum atomic E-state index is 14.3. The number of carbonyl (C=O) groups excluding carboxylic acids is 1. The van der Waals surface area contributed by atoms with Crippen LogP contribution in [0.4, 0.5) is 15.8 Å². The molecule has 2 aromatic rings. The van der Waals surface area contributed by atoms with Crippen molar-refractivity contribution in [3.05, 3.63) is 48.0 Å². The minimum atomic E-state index is -3.94. The Balaban J connectivity index is 1.26. The van der Waals surface area contributed by atoms with E-state index in [0.29, 0.717) is 22.8 Å². The third kappa shape index (κ3) is 4.32. The van der Waals surface area contributed by atoms with Crippen molar-refractivity contribution in [3.63, 3.8) is 0 Å². The van der Waals surface area contributed by atoms with Crippen LogP contribution >= 0.6 is 0 Å². The number of nitrogens with one attached hydrogen (secondary N) is 3. The van der Waals surface area contributed by atoms with Crippen molar-refractivity contribution < 1.29 is 17.6 Å². The molecule has 2 fully saturated rings. The Morgan fingerprint density at radius 3 is 2.53 bits per heavy atom. The monoisotopic (exact) mass is 457 g/mol. The van der Waals surface area contributed by atoms with Gasteiger partial charge in [0.05, 0.1) is 16.9 Å². The molecule has 3 aliphatic rings. The highest BCUT2D eigenvalue weighted by molar-refractivity contribution is 7.90. The van der Waals surface area contributed by atoms with Crippen molar-refractivity contribution in [2.45, 2.75) is 55.5 Å². The first-order valence-corrected chi connectivity index (χ1v) is 12.3. The number of aromatic nitrogens is 1. The number of fused-ring (bicyclic) bond motifs is 1. The minimum Gasteiger partial charge on any atom is -0.381 e. The fourth-order valence-corrected chi connectivity index (χ4v) is 5.49. The van der Waals surface area contributed by atoms with E-state index < -0.39 is 15.8 Å². The summed E-state index contributed by atoms with van der Waals surface area (Å²) < 4.78 is 43.3. The van der Waals surface area contributed by atoms with Gasteiger partial charge < -0.3 is 16.0 Å². The van der Waals surface area contributed by atoms with Gasteiger partial charge in [-0.2, -0.15) is 8.42 Å². The molecule has 1 amide bonds. The normalized spacial score (nSPS) is 24.0. The average molecular weight is 458 g/mol. The molecule has 1 aromatic heterocycles. The van der Waals surface area contributed by atoms with E-state index in [0.717, 1.165) is 44.6 Å². The third-order valence-electron chi connectivity index (χ3n) is 6.13.